The van der Waals surface area contributed by atoms with Crippen LogP contribution in [0, 0.1) is 12.8 Å². The predicted octanol–water partition coefficient (Wildman–Crippen LogP) is 5.35. The summed E-state index contributed by atoms with van der Waals surface area (Å²) in [6, 6.07) is 13.2. The van der Waals surface area contributed by atoms with Crippen molar-refractivity contribution in [2.45, 2.75) is 65.0 Å². The van der Waals surface area contributed by atoms with Crippen LogP contribution in [-0.4, -0.2) is 20.4 Å². The van der Waals surface area contributed by atoms with Gasteiger partial charge in [0.05, 0.1) is 5.69 Å². The lowest BCUT2D eigenvalue weighted by atomic mass is 9.82. The van der Waals surface area contributed by atoms with Gasteiger partial charge in [-0.25, -0.2) is 0 Å². The van der Waals surface area contributed by atoms with Crippen molar-refractivity contribution < 1.29 is 0 Å². The van der Waals surface area contributed by atoms with Crippen LogP contribution in [0.5, 0.6) is 0 Å². The van der Waals surface area contributed by atoms with E-state index in [1.807, 2.05) is 41.7 Å². The fraction of sp³-hybridized carbons (Fsp3) is 0.462. The molecule has 2 heterocycles. The van der Waals surface area contributed by atoms with Gasteiger partial charge in [-0.15, -0.1) is 0 Å². The number of anilines is 1. The largest absolute Gasteiger partial charge is 0.378 e. The molecule has 1 aliphatic rings. The molecule has 31 heavy (non-hydrogen) atoms. The third-order valence-electron chi connectivity index (χ3n) is 6.33. The minimum atomic E-state index is 0.0733. The number of nitrogens with zero attached hydrogens (tertiary/aromatic N) is 3. The van der Waals surface area contributed by atoms with E-state index in [2.05, 4.69) is 54.6 Å². The molecule has 5 nitrogen and oxygen atoms in total. The van der Waals surface area contributed by atoms with Gasteiger partial charge < -0.3 is 9.88 Å². The van der Waals surface area contributed by atoms with Crippen LogP contribution in [0.4, 0.5) is 5.69 Å². The third kappa shape index (κ3) is 4.92. The van der Waals surface area contributed by atoms with Crippen LogP contribution in [0.2, 0.25) is 0 Å². The summed E-state index contributed by atoms with van der Waals surface area (Å²) < 4.78 is 3.70. The molecular formula is C26H34N4O. The number of pyridine rings is 1. The minimum absolute atomic E-state index is 0.0733. The second-order valence-corrected chi connectivity index (χ2v) is 9.40. The molecule has 1 aromatic carbocycles. The molecule has 3 aromatic rings. The van der Waals surface area contributed by atoms with Crippen LogP contribution >= 0.6 is 0 Å². The van der Waals surface area contributed by atoms with Gasteiger partial charge in [0.25, 0.3) is 5.56 Å². The first kappa shape index (κ1) is 21.4. The molecule has 0 amide bonds. The molecule has 5 heteroatoms. The Bertz CT molecular complexity index is 1070. The number of aryl methyl sites for hydroxylation is 2. The standard InChI is InChI=1S/C26H34N4O/c1-18(2)15-30-16-22(24-17-29(4)28-19(24)3)14-25(26(30)31)27-23-12-10-21(11-13-23)20-8-6-5-7-9-20/h5-9,14,16-18,21,23,27H,10-13,15H2,1-4H3. The molecule has 0 bridgehead atoms. The third-order valence-corrected chi connectivity index (χ3v) is 6.33. The molecule has 0 spiro atoms. The number of hydrogen-bond donors (Lipinski definition) is 1. The Hall–Kier alpha value is -2.82. The van der Waals surface area contributed by atoms with Crippen molar-refractivity contribution in [3.63, 3.8) is 0 Å². The van der Waals surface area contributed by atoms with Crippen LogP contribution in [0.1, 0.15) is 56.7 Å². The van der Waals surface area contributed by atoms with E-state index in [0.717, 1.165) is 42.5 Å². The van der Waals surface area contributed by atoms with E-state index in [1.54, 1.807) is 0 Å². The van der Waals surface area contributed by atoms with Gasteiger partial charge in [0.2, 0.25) is 0 Å². The highest BCUT2D eigenvalue weighted by Crippen LogP contribution is 2.34. The number of nitrogens with one attached hydrogen (secondary N) is 1. The molecule has 1 aliphatic carbocycles. The summed E-state index contributed by atoms with van der Waals surface area (Å²) in [5, 5.41) is 8.10. The van der Waals surface area contributed by atoms with Crippen molar-refractivity contribution in [3.05, 3.63) is 70.4 Å². The van der Waals surface area contributed by atoms with E-state index < -0.39 is 0 Å². The molecule has 0 radical (unpaired) electrons. The van der Waals surface area contributed by atoms with Gasteiger partial charge in [-0.1, -0.05) is 44.2 Å². The fourth-order valence-electron chi connectivity index (χ4n) is 4.81. The van der Waals surface area contributed by atoms with Crippen LogP contribution in [0.15, 0.2) is 53.6 Å². The van der Waals surface area contributed by atoms with Crippen LogP contribution in [0.3, 0.4) is 0 Å². The van der Waals surface area contributed by atoms with E-state index in [-0.39, 0.29) is 5.56 Å². The summed E-state index contributed by atoms with van der Waals surface area (Å²) in [6.07, 6.45) is 8.50. The number of aromatic nitrogens is 3. The van der Waals surface area contributed by atoms with E-state index in [1.165, 1.54) is 5.56 Å². The lowest BCUT2D eigenvalue weighted by Gasteiger charge is -2.30. The Morgan fingerprint density at radius 2 is 1.81 bits per heavy atom. The second-order valence-electron chi connectivity index (χ2n) is 9.40. The van der Waals surface area contributed by atoms with Gasteiger partial charge in [-0.2, -0.15) is 5.10 Å². The number of benzene rings is 1. The van der Waals surface area contributed by atoms with Gasteiger partial charge in [0.15, 0.2) is 0 Å². The lowest BCUT2D eigenvalue weighted by Crippen LogP contribution is -2.31. The summed E-state index contributed by atoms with van der Waals surface area (Å²) in [4.78, 5) is 13.2. The highest BCUT2D eigenvalue weighted by molar-refractivity contribution is 5.68. The molecule has 0 aliphatic heterocycles. The summed E-state index contributed by atoms with van der Waals surface area (Å²) >= 11 is 0. The Morgan fingerprint density at radius 3 is 2.42 bits per heavy atom. The highest BCUT2D eigenvalue weighted by Gasteiger charge is 2.23. The molecule has 1 fully saturated rings. The molecule has 4 rings (SSSR count). The van der Waals surface area contributed by atoms with Gasteiger partial charge >= 0.3 is 0 Å². The second kappa shape index (κ2) is 9.13. The van der Waals surface area contributed by atoms with Crippen molar-refractivity contribution in [2.24, 2.45) is 13.0 Å². The first-order chi connectivity index (χ1) is 14.9. The quantitative estimate of drug-likeness (QED) is 0.587. The maximum absolute atomic E-state index is 13.2. The molecule has 1 saturated carbocycles. The number of rotatable bonds is 6. The molecule has 2 aromatic heterocycles. The van der Waals surface area contributed by atoms with E-state index >= 15 is 0 Å². The Labute approximate surface area is 185 Å². The van der Waals surface area contributed by atoms with Gasteiger partial charge in [-0.05, 0) is 56.1 Å². The first-order valence-corrected chi connectivity index (χ1v) is 11.5. The monoisotopic (exact) mass is 418 g/mol. The zero-order valence-electron chi connectivity index (χ0n) is 19.1. The van der Waals surface area contributed by atoms with Crippen molar-refractivity contribution >= 4 is 5.69 Å². The Kier molecular flexibility index (Phi) is 6.30. The normalized spacial score (nSPS) is 19.0. The van der Waals surface area contributed by atoms with Crippen molar-refractivity contribution in [1.82, 2.24) is 14.3 Å². The predicted molar refractivity (Wildman–Crippen MR) is 128 cm³/mol. The molecule has 0 atom stereocenters. The summed E-state index contributed by atoms with van der Waals surface area (Å²) in [5.41, 5.74) is 5.33. The van der Waals surface area contributed by atoms with Crippen molar-refractivity contribution in [1.29, 1.82) is 0 Å². The van der Waals surface area contributed by atoms with Crippen molar-refractivity contribution in [2.75, 3.05) is 5.32 Å². The Balaban J connectivity index is 1.57. The van der Waals surface area contributed by atoms with Crippen LogP contribution in [0.25, 0.3) is 11.1 Å². The van der Waals surface area contributed by atoms with Crippen molar-refractivity contribution in [3.8, 4) is 11.1 Å². The van der Waals surface area contributed by atoms with Gasteiger partial charge in [0, 0.05) is 43.2 Å². The zero-order valence-corrected chi connectivity index (χ0v) is 19.1. The van der Waals surface area contributed by atoms with E-state index in [0.29, 0.717) is 30.1 Å². The van der Waals surface area contributed by atoms with Gasteiger partial charge in [-0.3, -0.25) is 9.48 Å². The average molecular weight is 419 g/mol. The number of hydrogen-bond acceptors (Lipinski definition) is 3. The molecular weight excluding hydrogens is 384 g/mol. The highest BCUT2D eigenvalue weighted by atomic mass is 16.1. The first-order valence-electron chi connectivity index (χ1n) is 11.5. The average Bonchev–Trinajstić information content (AvgIpc) is 3.09. The molecule has 164 valence electrons. The maximum atomic E-state index is 13.2. The topological polar surface area (TPSA) is 51.9 Å². The van der Waals surface area contributed by atoms with Crippen LogP contribution in [-0.2, 0) is 13.6 Å². The molecule has 0 unspecified atom stereocenters. The summed E-state index contributed by atoms with van der Waals surface area (Å²) in [7, 11) is 1.94. The molecule has 1 N–H and O–H groups in total. The zero-order chi connectivity index (χ0) is 22.0. The summed E-state index contributed by atoms with van der Waals surface area (Å²) in [5.74, 6) is 1.03. The van der Waals surface area contributed by atoms with E-state index in [4.69, 9.17) is 0 Å². The van der Waals surface area contributed by atoms with Gasteiger partial charge in [0.1, 0.15) is 5.69 Å². The van der Waals surface area contributed by atoms with Crippen LogP contribution < -0.4 is 10.9 Å². The fourth-order valence-corrected chi connectivity index (χ4v) is 4.81. The maximum Gasteiger partial charge on any atom is 0.273 e. The Morgan fingerprint density at radius 1 is 1.10 bits per heavy atom. The lowest BCUT2D eigenvalue weighted by molar-refractivity contribution is 0.411. The molecule has 0 saturated heterocycles. The minimum Gasteiger partial charge on any atom is -0.378 e. The summed E-state index contributed by atoms with van der Waals surface area (Å²) in [6.45, 7) is 7.02. The SMILES string of the molecule is Cc1nn(C)cc1-c1cc(NC2CCC(c3ccccc3)CC2)c(=O)n(CC(C)C)c1. The van der Waals surface area contributed by atoms with E-state index in [9.17, 15) is 4.79 Å². The smallest absolute Gasteiger partial charge is 0.273 e.